The molecule has 0 fully saturated rings. The summed E-state index contributed by atoms with van der Waals surface area (Å²) in [6.07, 6.45) is -0.334. The van der Waals surface area contributed by atoms with Gasteiger partial charge in [-0.1, -0.05) is 32.0 Å². The van der Waals surface area contributed by atoms with Gasteiger partial charge in [-0.3, -0.25) is 0 Å². The summed E-state index contributed by atoms with van der Waals surface area (Å²) in [5.41, 5.74) is -0.467. The molecule has 0 aliphatic heterocycles. The molecule has 0 atom stereocenters. The van der Waals surface area contributed by atoms with Crippen molar-refractivity contribution in [3.63, 3.8) is 0 Å². The topological polar surface area (TPSA) is 38.8 Å². The lowest BCUT2D eigenvalue weighted by atomic mass is 10.2. The van der Waals surface area contributed by atoms with Crippen LogP contribution >= 0.6 is 0 Å². The van der Waals surface area contributed by atoms with Gasteiger partial charge in [-0.25, -0.2) is 4.79 Å². The highest BCUT2D eigenvalue weighted by molar-refractivity contribution is 5.67. The number of carbonyl (C=O) groups excluding carboxylic acids is 1. The van der Waals surface area contributed by atoms with Crippen molar-refractivity contribution < 1.29 is 14.3 Å². The van der Waals surface area contributed by atoms with Crippen LogP contribution in [0.4, 0.5) is 4.79 Å². The zero-order chi connectivity index (χ0) is 15.6. The summed E-state index contributed by atoms with van der Waals surface area (Å²) >= 11 is 0. The van der Waals surface area contributed by atoms with Gasteiger partial charge in [0.25, 0.3) is 0 Å². The fraction of sp³-hybridized carbons (Fsp3) is 0.562. The van der Waals surface area contributed by atoms with Gasteiger partial charge in [0.05, 0.1) is 6.54 Å². The highest BCUT2D eigenvalue weighted by Gasteiger charge is 2.19. The molecule has 0 saturated heterocycles. The van der Waals surface area contributed by atoms with Crippen molar-refractivity contribution in [2.24, 2.45) is 0 Å². The molecule has 0 spiro atoms. The Bertz CT molecular complexity index is 371. The Morgan fingerprint density at radius 3 is 2.20 bits per heavy atom. The van der Waals surface area contributed by atoms with Gasteiger partial charge in [-0.15, -0.1) is 0 Å². The Hall–Kier alpha value is -1.71. The Labute approximate surface area is 122 Å². The van der Waals surface area contributed by atoms with Gasteiger partial charge < -0.3 is 14.4 Å². The van der Waals surface area contributed by atoms with E-state index >= 15 is 0 Å². The summed E-state index contributed by atoms with van der Waals surface area (Å²) in [4.78, 5) is 13.2. The normalized spacial score (nSPS) is 10.1. The van der Waals surface area contributed by atoms with Crippen LogP contribution in [0, 0.1) is 0 Å². The van der Waals surface area contributed by atoms with Gasteiger partial charge in [0.1, 0.15) is 18.0 Å². The second kappa shape index (κ2) is 9.23. The van der Waals surface area contributed by atoms with Crippen molar-refractivity contribution in [1.82, 2.24) is 4.90 Å². The van der Waals surface area contributed by atoms with Crippen LogP contribution in [-0.4, -0.2) is 36.8 Å². The second-order valence-electron chi connectivity index (χ2n) is 5.06. The lowest BCUT2D eigenvalue weighted by molar-refractivity contribution is 0.0278. The minimum absolute atomic E-state index is 0.334. The Morgan fingerprint density at radius 1 is 1.15 bits per heavy atom. The third kappa shape index (κ3) is 8.40. The first kappa shape index (κ1) is 18.3. The number of carbonyl (C=O) groups is 1. The number of benzene rings is 1. The lowest BCUT2D eigenvalue weighted by Crippen LogP contribution is -2.36. The smallest absolute Gasteiger partial charge is 0.410 e. The molecular weight excluding hydrogens is 254 g/mol. The van der Waals surface area contributed by atoms with E-state index in [1.165, 1.54) is 4.90 Å². The van der Waals surface area contributed by atoms with Gasteiger partial charge in [-0.2, -0.15) is 0 Å². The van der Waals surface area contributed by atoms with E-state index in [-0.39, 0.29) is 6.09 Å². The average Bonchev–Trinajstić information content (AvgIpc) is 2.40. The number of ether oxygens (including phenoxy) is 2. The summed E-state index contributed by atoms with van der Waals surface area (Å²) in [5.74, 6) is 0.801. The SMILES string of the molecule is CC.CN(CCOc1ccccc1)C(=O)OC(C)(C)C. The molecule has 1 rings (SSSR count). The van der Waals surface area contributed by atoms with Crippen LogP contribution in [0.3, 0.4) is 0 Å². The first-order chi connectivity index (χ1) is 9.38. The molecule has 0 radical (unpaired) electrons. The van der Waals surface area contributed by atoms with Crippen molar-refractivity contribution in [1.29, 1.82) is 0 Å². The molecular formula is C16H27NO3. The summed E-state index contributed by atoms with van der Waals surface area (Å²) in [5, 5.41) is 0. The van der Waals surface area contributed by atoms with E-state index in [1.54, 1.807) is 7.05 Å². The molecule has 0 bridgehead atoms. The Balaban J connectivity index is 0.00000172. The van der Waals surface area contributed by atoms with Crippen LogP contribution in [-0.2, 0) is 4.74 Å². The molecule has 0 saturated carbocycles. The number of amides is 1. The molecule has 0 unspecified atom stereocenters. The predicted molar refractivity (Wildman–Crippen MR) is 82.1 cm³/mol. The predicted octanol–water partition coefficient (Wildman–Crippen LogP) is 3.96. The highest BCUT2D eigenvalue weighted by atomic mass is 16.6. The molecule has 1 aromatic rings. The van der Waals surface area contributed by atoms with Crippen LogP contribution in [0.2, 0.25) is 0 Å². The molecule has 0 aliphatic rings. The van der Waals surface area contributed by atoms with Crippen molar-refractivity contribution in [3.8, 4) is 5.75 Å². The van der Waals surface area contributed by atoms with E-state index in [0.29, 0.717) is 13.2 Å². The fourth-order valence-corrected chi connectivity index (χ4v) is 1.25. The van der Waals surface area contributed by atoms with E-state index < -0.39 is 5.60 Å². The molecule has 0 heterocycles. The first-order valence-electron chi connectivity index (χ1n) is 7.00. The van der Waals surface area contributed by atoms with Crippen molar-refractivity contribution >= 4 is 6.09 Å². The maximum Gasteiger partial charge on any atom is 0.410 e. The van der Waals surface area contributed by atoms with Crippen LogP contribution in [0.5, 0.6) is 5.75 Å². The molecule has 114 valence electrons. The number of likely N-dealkylation sites (N-methyl/N-ethyl adjacent to an activating group) is 1. The van der Waals surface area contributed by atoms with Crippen LogP contribution in [0.1, 0.15) is 34.6 Å². The maximum absolute atomic E-state index is 11.6. The Kier molecular flexibility index (Phi) is 8.45. The first-order valence-corrected chi connectivity index (χ1v) is 7.00. The number of nitrogens with zero attached hydrogens (tertiary/aromatic N) is 1. The molecule has 0 N–H and O–H groups in total. The van der Waals surface area contributed by atoms with Crippen molar-refractivity contribution in [2.45, 2.75) is 40.2 Å². The van der Waals surface area contributed by atoms with Gasteiger partial charge in [0.2, 0.25) is 0 Å². The number of rotatable bonds is 4. The van der Waals surface area contributed by atoms with E-state index in [4.69, 9.17) is 9.47 Å². The van der Waals surface area contributed by atoms with Crippen molar-refractivity contribution in [3.05, 3.63) is 30.3 Å². The zero-order valence-electron chi connectivity index (χ0n) is 13.5. The molecule has 0 aromatic heterocycles. The monoisotopic (exact) mass is 281 g/mol. The van der Waals surface area contributed by atoms with Gasteiger partial charge in [0.15, 0.2) is 0 Å². The van der Waals surface area contributed by atoms with E-state index in [2.05, 4.69) is 0 Å². The highest BCUT2D eigenvalue weighted by Crippen LogP contribution is 2.10. The summed E-state index contributed by atoms with van der Waals surface area (Å²) in [6, 6.07) is 9.51. The Morgan fingerprint density at radius 2 is 1.70 bits per heavy atom. The fourth-order valence-electron chi connectivity index (χ4n) is 1.25. The van der Waals surface area contributed by atoms with Crippen LogP contribution < -0.4 is 4.74 Å². The minimum atomic E-state index is -0.467. The zero-order valence-corrected chi connectivity index (χ0v) is 13.5. The molecule has 1 aromatic carbocycles. The van der Waals surface area contributed by atoms with Gasteiger partial charge >= 0.3 is 6.09 Å². The second-order valence-corrected chi connectivity index (χ2v) is 5.06. The standard InChI is InChI=1S/C14H21NO3.C2H6/c1-14(2,3)18-13(16)15(4)10-11-17-12-8-6-5-7-9-12;1-2/h5-9H,10-11H2,1-4H3;1-2H3. The van der Waals surface area contributed by atoms with Gasteiger partial charge in [-0.05, 0) is 32.9 Å². The average molecular weight is 281 g/mol. The lowest BCUT2D eigenvalue weighted by Gasteiger charge is -2.24. The van der Waals surface area contributed by atoms with E-state index in [9.17, 15) is 4.79 Å². The number of hydrogen-bond acceptors (Lipinski definition) is 3. The quantitative estimate of drug-likeness (QED) is 0.838. The number of para-hydroxylation sites is 1. The van der Waals surface area contributed by atoms with E-state index in [1.807, 2.05) is 65.0 Å². The molecule has 1 amide bonds. The molecule has 4 nitrogen and oxygen atoms in total. The molecule has 4 heteroatoms. The minimum Gasteiger partial charge on any atom is -0.492 e. The summed E-state index contributed by atoms with van der Waals surface area (Å²) in [7, 11) is 1.70. The van der Waals surface area contributed by atoms with Crippen molar-refractivity contribution in [2.75, 3.05) is 20.2 Å². The maximum atomic E-state index is 11.6. The van der Waals surface area contributed by atoms with Gasteiger partial charge in [0, 0.05) is 7.05 Å². The molecule has 20 heavy (non-hydrogen) atoms. The van der Waals surface area contributed by atoms with Crippen LogP contribution in [0.15, 0.2) is 30.3 Å². The number of hydrogen-bond donors (Lipinski definition) is 0. The summed E-state index contributed by atoms with van der Waals surface area (Å²) in [6.45, 7) is 10.5. The van der Waals surface area contributed by atoms with Crippen LogP contribution in [0.25, 0.3) is 0 Å². The largest absolute Gasteiger partial charge is 0.492 e. The third-order valence-electron chi connectivity index (χ3n) is 2.14. The van der Waals surface area contributed by atoms with E-state index in [0.717, 1.165) is 5.75 Å². The summed E-state index contributed by atoms with van der Waals surface area (Å²) < 4.78 is 10.7. The molecule has 0 aliphatic carbocycles. The third-order valence-corrected chi connectivity index (χ3v) is 2.14.